The fourth-order valence-corrected chi connectivity index (χ4v) is 12.5. The predicted molar refractivity (Wildman–Crippen MR) is 310 cm³/mol. The molecule has 3 amide bonds. The Kier molecular flexibility index (Phi) is 16.3. The summed E-state index contributed by atoms with van der Waals surface area (Å²) in [5.74, 6) is 1.55. The van der Waals surface area contributed by atoms with Crippen molar-refractivity contribution in [1.82, 2.24) is 79.5 Å². The Morgan fingerprint density at radius 2 is 1.33 bits per heavy atom. The fraction of sp³-hybridized carbons (Fsp3) is 0.491. The van der Waals surface area contributed by atoms with Gasteiger partial charge in [-0.2, -0.15) is 34.9 Å². The minimum absolute atomic E-state index is 0.000791. The summed E-state index contributed by atoms with van der Waals surface area (Å²) >= 11 is 0. The predicted octanol–water partition coefficient (Wildman–Crippen LogP) is 2.45. The molecule has 0 radical (unpaired) electrons. The number of aromatic nitrogens is 13. The van der Waals surface area contributed by atoms with Crippen LogP contribution in [0.2, 0.25) is 0 Å². The van der Waals surface area contributed by atoms with E-state index in [9.17, 15) is 35.1 Å². The first-order valence-corrected chi connectivity index (χ1v) is 29.0. The Balaban J connectivity index is 0.716. The molecule has 442 valence electrons. The third-order valence-electron chi connectivity index (χ3n) is 17.0. The minimum Gasteiger partial charge on any atom is -0.390 e. The summed E-state index contributed by atoms with van der Waals surface area (Å²) in [5, 5.41) is 83.3. The number of aliphatic hydroxyl groups excluding tert-OH is 5. The molecular formula is C57H72N20O7. The normalized spacial score (nSPS) is 25.2. The van der Waals surface area contributed by atoms with Crippen molar-refractivity contribution in [3.05, 3.63) is 115 Å². The van der Waals surface area contributed by atoms with Crippen molar-refractivity contribution in [2.24, 2.45) is 7.05 Å². The summed E-state index contributed by atoms with van der Waals surface area (Å²) in [7, 11) is 1.92. The zero-order valence-corrected chi connectivity index (χ0v) is 46.8. The highest BCUT2D eigenvalue weighted by atomic mass is 16.3. The molecule has 1 saturated heterocycles. The van der Waals surface area contributed by atoms with Gasteiger partial charge in [0, 0.05) is 76.3 Å². The molecular weight excluding hydrogens is 1080 g/mol. The Morgan fingerprint density at radius 3 is 2.01 bits per heavy atom. The molecule has 0 unspecified atom stereocenters. The average molecular weight is 1150 g/mol. The summed E-state index contributed by atoms with van der Waals surface area (Å²) in [4.78, 5) is 63.4. The van der Waals surface area contributed by atoms with E-state index in [4.69, 9.17) is 29.9 Å². The van der Waals surface area contributed by atoms with Crippen LogP contribution in [0.3, 0.4) is 0 Å². The number of hydrogen-bond donors (Lipinski definition) is 11. The molecule has 3 aliphatic carbocycles. The number of hydrogen-bond acceptors (Lipinski definition) is 20. The van der Waals surface area contributed by atoms with Crippen LogP contribution in [0.4, 0.5) is 28.3 Å². The lowest BCUT2D eigenvalue weighted by atomic mass is 9.91. The van der Waals surface area contributed by atoms with Crippen molar-refractivity contribution in [2.75, 3.05) is 47.0 Å². The van der Waals surface area contributed by atoms with Crippen LogP contribution in [-0.4, -0.2) is 176 Å². The average Bonchev–Trinajstić information content (AvgIpc) is 2.32. The van der Waals surface area contributed by atoms with Crippen molar-refractivity contribution in [3.8, 4) is 0 Å². The van der Waals surface area contributed by atoms with Gasteiger partial charge in [-0.05, 0) is 56.1 Å². The smallest absolute Gasteiger partial charge is 0.315 e. The number of imidazole rings is 3. The maximum absolute atomic E-state index is 13.8. The number of benzene rings is 2. The maximum Gasteiger partial charge on any atom is 0.315 e. The van der Waals surface area contributed by atoms with Gasteiger partial charge in [0.05, 0.1) is 55.6 Å². The first-order chi connectivity index (χ1) is 40.9. The summed E-state index contributed by atoms with van der Waals surface area (Å²) in [5.41, 5.74) is 5.44. The van der Waals surface area contributed by atoms with E-state index in [1.165, 1.54) is 11.0 Å². The summed E-state index contributed by atoms with van der Waals surface area (Å²) in [6, 6.07) is 17.4. The Hall–Kier alpha value is -8.37. The van der Waals surface area contributed by atoms with Gasteiger partial charge in [-0.25, -0.2) is 19.7 Å². The van der Waals surface area contributed by atoms with Gasteiger partial charge >= 0.3 is 6.03 Å². The highest BCUT2D eigenvalue weighted by molar-refractivity contribution is 5.86. The number of rotatable bonds is 20. The van der Waals surface area contributed by atoms with Crippen molar-refractivity contribution in [2.45, 2.75) is 144 Å². The molecule has 84 heavy (non-hydrogen) atoms. The number of nitrogens with one attached hydrogen (secondary N) is 6. The molecule has 27 nitrogen and oxygen atoms in total. The van der Waals surface area contributed by atoms with E-state index in [0.29, 0.717) is 103 Å². The zero-order valence-electron chi connectivity index (χ0n) is 46.8. The maximum atomic E-state index is 13.8. The van der Waals surface area contributed by atoms with Gasteiger partial charge in [-0.3, -0.25) is 4.79 Å². The molecule has 2 aromatic carbocycles. The van der Waals surface area contributed by atoms with Gasteiger partial charge < -0.3 is 76.0 Å². The number of carbonyl (C=O) groups excluding carboxylic acids is 2. The molecule has 0 spiro atoms. The molecule has 4 aliphatic rings. The van der Waals surface area contributed by atoms with Crippen LogP contribution in [0.25, 0.3) is 22.3 Å². The van der Waals surface area contributed by atoms with E-state index in [2.05, 4.69) is 71.3 Å². The first-order valence-electron chi connectivity index (χ1n) is 29.0. The largest absolute Gasteiger partial charge is 0.390 e. The highest BCUT2D eigenvalue weighted by Crippen LogP contribution is 2.41. The van der Waals surface area contributed by atoms with Gasteiger partial charge in [0.1, 0.15) is 36.2 Å². The molecule has 27 heteroatoms. The van der Waals surface area contributed by atoms with Crippen LogP contribution >= 0.6 is 0 Å². The molecule has 11 N–H and O–H groups in total. The molecule has 7 heterocycles. The summed E-state index contributed by atoms with van der Waals surface area (Å²) in [6.07, 6.45) is 8.54. The minimum atomic E-state index is -1.21. The number of anilines is 4. The Labute approximate surface area is 483 Å². The molecule has 12 rings (SSSR count). The van der Waals surface area contributed by atoms with E-state index in [-0.39, 0.29) is 61.9 Å². The Bertz CT molecular complexity index is 3510. The number of fused-ring (bicyclic) bond motifs is 2. The van der Waals surface area contributed by atoms with E-state index < -0.39 is 48.6 Å². The SMILES string of the molecule is CCC(=O)N[C@H]1C[C@@H](n2cnc3c(NC4CCC(NC(=O)N[C@@H]5CCN(c6nc(NCC(c7ccccc7)c7ccccc7)c7ncn([C@@H]8C[C@H](n9ncc(CO)n9)[C@@H](O)[C@H]8O)c7n6)C5)CC4)nc(NCCc4cn(C)cn4)nc32)[C@H](O)[C@@H]1O. The van der Waals surface area contributed by atoms with Gasteiger partial charge in [0.2, 0.25) is 17.8 Å². The molecule has 3 saturated carbocycles. The highest BCUT2D eigenvalue weighted by Gasteiger charge is 2.46. The first kappa shape index (κ1) is 56.1. The van der Waals surface area contributed by atoms with Crippen molar-refractivity contribution < 1.29 is 35.1 Å². The van der Waals surface area contributed by atoms with Crippen LogP contribution in [0.5, 0.6) is 0 Å². The van der Waals surface area contributed by atoms with Crippen LogP contribution in [0.1, 0.15) is 105 Å². The molecule has 6 aromatic heterocycles. The quantitative estimate of drug-likeness (QED) is 0.0522. The van der Waals surface area contributed by atoms with Gasteiger partial charge in [0.15, 0.2) is 34.0 Å². The summed E-state index contributed by atoms with van der Waals surface area (Å²) in [6.45, 7) is 3.40. The second kappa shape index (κ2) is 24.5. The monoisotopic (exact) mass is 1150 g/mol. The fourth-order valence-electron chi connectivity index (χ4n) is 12.5. The Morgan fingerprint density at radius 1 is 0.679 bits per heavy atom. The molecule has 0 bridgehead atoms. The topological polar surface area (TPSA) is 346 Å². The second-order valence-corrected chi connectivity index (χ2v) is 22.6. The zero-order chi connectivity index (χ0) is 58.0. The number of nitrogens with zero attached hydrogens (tertiary/aromatic N) is 14. The van der Waals surface area contributed by atoms with E-state index in [1.807, 2.05) is 59.1 Å². The van der Waals surface area contributed by atoms with E-state index in [1.54, 1.807) is 35.0 Å². The van der Waals surface area contributed by atoms with Crippen molar-refractivity contribution in [3.63, 3.8) is 0 Å². The lowest BCUT2D eigenvalue weighted by molar-refractivity contribution is -0.122. The summed E-state index contributed by atoms with van der Waals surface area (Å²) < 4.78 is 5.44. The lowest BCUT2D eigenvalue weighted by Crippen LogP contribution is -2.48. The standard InChI is InChI=1S/C57H72N20O7/c1-3-44(79)67-40-22-41(48(81)47(40)80)75-31-62-46-52(68-55(70-53(46)75)58-20-18-36-26-73(2)29-60-36)64-34-14-16-35(17-15-34)65-57(84)66-37-19-21-74(27-37)56-69-51(59-25-39(32-10-6-4-7-11-32)33-12-8-5-9-13-33)45-54(71-56)76(30-61-45)42-23-43(50(83)49(42)82)77-63-24-38(28-78)72-77/h4-13,24,26,29-31,34-35,37,39-43,47-50,78,80-83H,3,14-23,25,27-28H2,1-2H3,(H,67,79)(H,59,69,71)(H2,65,66,84)(H2,58,64,68,70)/t34?,35?,37-,40+,41-,42-,43+,47-,48+,49+,50-/m1/s1. The number of carbonyl (C=O) groups is 2. The van der Waals surface area contributed by atoms with Gasteiger partial charge in [-0.15, -0.1) is 0 Å². The second-order valence-electron chi connectivity index (χ2n) is 22.6. The van der Waals surface area contributed by atoms with Crippen LogP contribution in [-0.2, 0) is 24.9 Å². The van der Waals surface area contributed by atoms with E-state index >= 15 is 0 Å². The third-order valence-corrected chi connectivity index (χ3v) is 17.0. The van der Waals surface area contributed by atoms with Crippen molar-refractivity contribution >= 4 is 57.8 Å². The number of aliphatic hydroxyl groups is 5. The number of aryl methyl sites for hydroxylation is 1. The van der Waals surface area contributed by atoms with Crippen LogP contribution < -0.4 is 36.8 Å². The van der Waals surface area contributed by atoms with Gasteiger partial charge in [0.25, 0.3) is 0 Å². The lowest BCUT2D eigenvalue weighted by Gasteiger charge is -2.30. The number of amides is 3. The molecule has 4 fully saturated rings. The molecule has 1 aliphatic heterocycles. The number of urea groups is 1. The third kappa shape index (κ3) is 11.8. The van der Waals surface area contributed by atoms with Crippen molar-refractivity contribution in [1.29, 1.82) is 0 Å². The van der Waals surface area contributed by atoms with E-state index in [0.717, 1.165) is 29.7 Å². The molecule has 9 atom stereocenters. The van der Waals surface area contributed by atoms with Crippen LogP contribution in [0.15, 0.2) is 92.0 Å². The molecule has 8 aromatic rings. The van der Waals surface area contributed by atoms with Crippen LogP contribution in [0, 0.1) is 0 Å². The van der Waals surface area contributed by atoms with Gasteiger partial charge in [-0.1, -0.05) is 67.6 Å².